The number of aliphatic hydroxyl groups excluding tert-OH is 1. The van der Waals surface area contributed by atoms with Gasteiger partial charge in [-0.2, -0.15) is 0 Å². The molecule has 0 aliphatic carbocycles. The van der Waals surface area contributed by atoms with Gasteiger partial charge in [-0.3, -0.25) is 9.80 Å². The molecule has 0 bridgehead atoms. The van der Waals surface area contributed by atoms with E-state index in [1.165, 1.54) is 5.56 Å². The third kappa shape index (κ3) is 6.66. The van der Waals surface area contributed by atoms with E-state index in [1.54, 1.807) is 0 Å². The lowest BCUT2D eigenvalue weighted by Gasteiger charge is -2.35. The fourth-order valence-corrected chi connectivity index (χ4v) is 3.49. The van der Waals surface area contributed by atoms with Crippen LogP contribution in [-0.4, -0.2) is 67.1 Å². The molecule has 2 aliphatic heterocycles. The first-order valence-electron chi connectivity index (χ1n) is 9.45. The number of ether oxygens (including phenoxy) is 3. The molecule has 2 aromatic carbocycles. The van der Waals surface area contributed by atoms with Crippen LogP contribution in [-0.2, 0) is 6.54 Å². The fraction of sp³-hybridized carbons (Fsp3) is 0.429. The van der Waals surface area contributed by atoms with Crippen LogP contribution in [0.15, 0.2) is 48.5 Å². The maximum Gasteiger partial charge on any atom is 0.231 e. The summed E-state index contributed by atoms with van der Waals surface area (Å²) < 4.78 is 16.5. The largest absolute Gasteiger partial charge is 0.491 e. The lowest BCUT2D eigenvalue weighted by Crippen LogP contribution is -2.48. The molecule has 1 N–H and O–H groups in total. The molecule has 0 amide bonds. The Kier molecular flexibility index (Phi) is 9.33. The van der Waals surface area contributed by atoms with E-state index in [9.17, 15) is 5.11 Å². The van der Waals surface area contributed by atoms with Crippen LogP contribution >= 0.6 is 24.8 Å². The number of halogens is 2. The highest BCUT2D eigenvalue weighted by Gasteiger charge is 2.20. The van der Waals surface area contributed by atoms with E-state index in [0.29, 0.717) is 19.9 Å². The van der Waals surface area contributed by atoms with E-state index < -0.39 is 6.10 Å². The third-order valence-electron chi connectivity index (χ3n) is 4.96. The van der Waals surface area contributed by atoms with Crippen LogP contribution in [0.3, 0.4) is 0 Å². The highest BCUT2D eigenvalue weighted by Crippen LogP contribution is 2.32. The minimum atomic E-state index is -0.481. The average molecular weight is 443 g/mol. The Balaban J connectivity index is 0.00000150. The number of piperazine rings is 1. The minimum Gasteiger partial charge on any atom is -0.491 e. The number of aliphatic hydroxyl groups is 1. The number of para-hydroxylation sites is 1. The highest BCUT2D eigenvalue weighted by molar-refractivity contribution is 5.85. The number of β-amino-alcohol motifs (C(OH)–C–C–N with tert-alkyl or cyclic N) is 1. The molecule has 0 aromatic heterocycles. The molecule has 160 valence electrons. The number of fused-ring (bicyclic) bond motifs is 1. The van der Waals surface area contributed by atoms with Gasteiger partial charge in [0.05, 0.1) is 0 Å². The molecular formula is C21H28Cl2N2O4. The van der Waals surface area contributed by atoms with Crippen molar-refractivity contribution in [2.45, 2.75) is 12.6 Å². The molecule has 6 nitrogen and oxygen atoms in total. The Labute approximate surface area is 184 Å². The molecule has 2 aromatic rings. The summed E-state index contributed by atoms with van der Waals surface area (Å²) in [6.07, 6.45) is -0.481. The predicted molar refractivity (Wildman–Crippen MR) is 117 cm³/mol. The summed E-state index contributed by atoms with van der Waals surface area (Å²) in [5.74, 6) is 2.47. The number of rotatable bonds is 7. The van der Waals surface area contributed by atoms with Crippen LogP contribution < -0.4 is 14.2 Å². The number of hydrogen-bond acceptors (Lipinski definition) is 6. The highest BCUT2D eigenvalue weighted by atomic mass is 35.5. The van der Waals surface area contributed by atoms with E-state index in [0.717, 1.165) is 50.0 Å². The Morgan fingerprint density at radius 2 is 1.59 bits per heavy atom. The second kappa shape index (κ2) is 11.5. The molecule has 1 unspecified atom stereocenters. The first-order chi connectivity index (χ1) is 13.3. The summed E-state index contributed by atoms with van der Waals surface area (Å²) >= 11 is 0. The molecule has 0 spiro atoms. The summed E-state index contributed by atoms with van der Waals surface area (Å²) in [6, 6.07) is 15.8. The zero-order chi connectivity index (χ0) is 18.5. The Bertz CT molecular complexity index is 743. The van der Waals surface area contributed by atoms with Crippen molar-refractivity contribution in [3.63, 3.8) is 0 Å². The van der Waals surface area contributed by atoms with E-state index in [2.05, 4.69) is 21.9 Å². The quantitative estimate of drug-likeness (QED) is 0.711. The van der Waals surface area contributed by atoms with Crippen molar-refractivity contribution < 1.29 is 19.3 Å². The van der Waals surface area contributed by atoms with Crippen molar-refractivity contribution in [1.82, 2.24) is 9.80 Å². The van der Waals surface area contributed by atoms with Gasteiger partial charge < -0.3 is 19.3 Å². The van der Waals surface area contributed by atoms with Crippen LogP contribution in [0.2, 0.25) is 0 Å². The molecule has 4 rings (SSSR count). The topological polar surface area (TPSA) is 54.4 Å². The van der Waals surface area contributed by atoms with Crippen LogP contribution in [0.4, 0.5) is 0 Å². The van der Waals surface area contributed by atoms with Gasteiger partial charge in [0.15, 0.2) is 11.5 Å². The van der Waals surface area contributed by atoms with Crippen LogP contribution in [0.25, 0.3) is 0 Å². The Hall–Kier alpha value is -1.70. The van der Waals surface area contributed by atoms with E-state index in [4.69, 9.17) is 14.2 Å². The lowest BCUT2D eigenvalue weighted by molar-refractivity contribution is 0.0446. The SMILES string of the molecule is Cl.Cl.OC(COc1ccccc1)CN1CCN(Cc2ccc3c(c2)OCO3)CC1. The summed E-state index contributed by atoms with van der Waals surface area (Å²) in [5, 5.41) is 10.2. The smallest absolute Gasteiger partial charge is 0.231 e. The summed E-state index contributed by atoms with van der Waals surface area (Å²) in [6.45, 7) is 6.06. The zero-order valence-electron chi connectivity index (χ0n) is 16.2. The Morgan fingerprint density at radius 1 is 0.897 bits per heavy atom. The van der Waals surface area contributed by atoms with Gasteiger partial charge in [-0.05, 0) is 29.8 Å². The van der Waals surface area contributed by atoms with Gasteiger partial charge in [0.1, 0.15) is 18.5 Å². The Morgan fingerprint density at radius 3 is 2.34 bits per heavy atom. The van der Waals surface area contributed by atoms with Gasteiger partial charge in [0.25, 0.3) is 0 Å². The first-order valence-corrected chi connectivity index (χ1v) is 9.45. The van der Waals surface area contributed by atoms with Crippen LogP contribution in [0, 0.1) is 0 Å². The second-order valence-electron chi connectivity index (χ2n) is 7.04. The molecular weight excluding hydrogens is 415 g/mol. The maximum absolute atomic E-state index is 10.2. The van der Waals surface area contributed by atoms with Gasteiger partial charge in [-0.25, -0.2) is 0 Å². The number of hydrogen-bond donors (Lipinski definition) is 1. The fourth-order valence-electron chi connectivity index (χ4n) is 3.49. The van der Waals surface area contributed by atoms with E-state index >= 15 is 0 Å². The summed E-state index contributed by atoms with van der Waals surface area (Å²) in [5.41, 5.74) is 1.24. The molecule has 29 heavy (non-hydrogen) atoms. The maximum atomic E-state index is 10.2. The van der Waals surface area contributed by atoms with Crippen molar-refractivity contribution >= 4 is 24.8 Å². The predicted octanol–water partition coefficient (Wildman–Crippen LogP) is 2.82. The molecule has 8 heteroatoms. The van der Waals surface area contributed by atoms with Gasteiger partial charge in [-0.1, -0.05) is 24.3 Å². The molecule has 1 saturated heterocycles. The molecule has 0 saturated carbocycles. The minimum absolute atomic E-state index is 0. The van der Waals surface area contributed by atoms with Crippen molar-refractivity contribution in [3.8, 4) is 17.2 Å². The zero-order valence-corrected chi connectivity index (χ0v) is 17.9. The van der Waals surface area contributed by atoms with E-state index in [1.807, 2.05) is 36.4 Å². The molecule has 2 aliphatic rings. The number of benzene rings is 2. The van der Waals surface area contributed by atoms with Crippen LogP contribution in [0.1, 0.15) is 5.56 Å². The lowest BCUT2D eigenvalue weighted by atomic mass is 10.1. The van der Waals surface area contributed by atoms with Crippen LogP contribution in [0.5, 0.6) is 17.2 Å². The van der Waals surface area contributed by atoms with Gasteiger partial charge in [0.2, 0.25) is 6.79 Å². The summed E-state index contributed by atoms with van der Waals surface area (Å²) in [4.78, 5) is 4.73. The monoisotopic (exact) mass is 442 g/mol. The second-order valence-corrected chi connectivity index (χ2v) is 7.04. The van der Waals surface area contributed by atoms with Gasteiger partial charge in [0, 0.05) is 39.3 Å². The number of nitrogens with zero attached hydrogens (tertiary/aromatic N) is 2. The molecule has 0 radical (unpaired) electrons. The third-order valence-corrected chi connectivity index (χ3v) is 4.96. The van der Waals surface area contributed by atoms with Crippen molar-refractivity contribution in [2.24, 2.45) is 0 Å². The normalized spacial score (nSPS) is 17.1. The van der Waals surface area contributed by atoms with Gasteiger partial charge >= 0.3 is 0 Å². The molecule has 1 fully saturated rings. The van der Waals surface area contributed by atoms with Crippen molar-refractivity contribution in [3.05, 3.63) is 54.1 Å². The average Bonchev–Trinajstić information content (AvgIpc) is 3.17. The van der Waals surface area contributed by atoms with Crippen molar-refractivity contribution in [1.29, 1.82) is 0 Å². The molecule has 1 atom stereocenters. The van der Waals surface area contributed by atoms with E-state index in [-0.39, 0.29) is 24.8 Å². The van der Waals surface area contributed by atoms with Crippen molar-refractivity contribution in [2.75, 3.05) is 46.1 Å². The summed E-state index contributed by atoms with van der Waals surface area (Å²) in [7, 11) is 0. The standard InChI is InChI=1S/C21H26N2O4.2ClH/c24-18(15-25-19-4-2-1-3-5-19)14-23-10-8-22(9-11-23)13-17-6-7-20-21(12-17)27-16-26-20;;/h1-7,12,18,24H,8-11,13-16H2;2*1H. The molecule has 2 heterocycles. The first kappa shape index (κ1) is 23.6. The van der Waals surface area contributed by atoms with Gasteiger partial charge in [-0.15, -0.1) is 24.8 Å².